The second kappa shape index (κ2) is 4.84. The zero-order valence-electron chi connectivity index (χ0n) is 10.4. The van der Waals surface area contributed by atoms with Gasteiger partial charge in [0.15, 0.2) is 0 Å². The highest BCUT2D eigenvalue weighted by molar-refractivity contribution is 6.33. The van der Waals surface area contributed by atoms with Gasteiger partial charge >= 0.3 is 0 Å². The Morgan fingerprint density at radius 3 is 2.88 bits per heavy atom. The van der Waals surface area contributed by atoms with Gasteiger partial charge in [-0.2, -0.15) is 0 Å². The Bertz CT molecular complexity index is 406. The zero-order chi connectivity index (χ0) is 12.5. The molecule has 0 amide bonds. The van der Waals surface area contributed by atoms with Crippen LogP contribution in [0, 0.1) is 0 Å². The SMILES string of the molecule is CC1(C)CN(Cc2ccc(Cl)c(N)c2)CCO1. The van der Waals surface area contributed by atoms with E-state index in [4.69, 9.17) is 22.1 Å². The summed E-state index contributed by atoms with van der Waals surface area (Å²) in [5.41, 5.74) is 7.59. The van der Waals surface area contributed by atoms with E-state index in [2.05, 4.69) is 18.7 Å². The number of ether oxygens (including phenoxy) is 1. The van der Waals surface area contributed by atoms with Crippen molar-refractivity contribution in [3.05, 3.63) is 28.8 Å². The summed E-state index contributed by atoms with van der Waals surface area (Å²) in [6.45, 7) is 7.83. The number of rotatable bonds is 2. The lowest BCUT2D eigenvalue weighted by molar-refractivity contribution is -0.0882. The van der Waals surface area contributed by atoms with E-state index in [0.29, 0.717) is 10.7 Å². The average molecular weight is 255 g/mol. The van der Waals surface area contributed by atoms with Crippen LogP contribution < -0.4 is 5.73 Å². The molecule has 0 saturated carbocycles. The van der Waals surface area contributed by atoms with Gasteiger partial charge in [0.1, 0.15) is 0 Å². The Hall–Kier alpha value is -0.770. The maximum absolute atomic E-state index is 5.91. The van der Waals surface area contributed by atoms with Gasteiger partial charge in [0.05, 0.1) is 22.9 Å². The van der Waals surface area contributed by atoms with Crippen molar-refractivity contribution < 1.29 is 4.74 Å². The lowest BCUT2D eigenvalue weighted by atomic mass is 10.1. The van der Waals surface area contributed by atoms with E-state index in [1.165, 1.54) is 5.56 Å². The standard InChI is InChI=1S/C13H19ClN2O/c1-13(2)9-16(5-6-17-13)8-10-3-4-11(14)12(15)7-10/h3-4,7H,5-6,8-9,15H2,1-2H3. The third-order valence-corrected chi connectivity index (χ3v) is 3.32. The van der Waals surface area contributed by atoms with E-state index < -0.39 is 0 Å². The van der Waals surface area contributed by atoms with Gasteiger partial charge in [0.25, 0.3) is 0 Å². The average Bonchev–Trinajstić information content (AvgIpc) is 2.22. The van der Waals surface area contributed by atoms with Crippen LogP contribution in [0.2, 0.25) is 5.02 Å². The molecule has 2 N–H and O–H groups in total. The van der Waals surface area contributed by atoms with E-state index in [9.17, 15) is 0 Å². The predicted octanol–water partition coefficient (Wildman–Crippen LogP) is 2.53. The Labute approximate surface area is 107 Å². The number of anilines is 1. The fourth-order valence-corrected chi connectivity index (χ4v) is 2.32. The van der Waals surface area contributed by atoms with Crippen LogP contribution in [0.5, 0.6) is 0 Å². The highest BCUT2D eigenvalue weighted by Crippen LogP contribution is 2.22. The van der Waals surface area contributed by atoms with E-state index >= 15 is 0 Å². The molecule has 3 nitrogen and oxygen atoms in total. The summed E-state index contributed by atoms with van der Waals surface area (Å²) < 4.78 is 5.69. The van der Waals surface area contributed by atoms with Gasteiger partial charge < -0.3 is 10.5 Å². The first kappa shape index (κ1) is 12.7. The number of morpholine rings is 1. The summed E-state index contributed by atoms with van der Waals surface area (Å²) in [5.74, 6) is 0. The van der Waals surface area contributed by atoms with Gasteiger partial charge in [-0.25, -0.2) is 0 Å². The van der Waals surface area contributed by atoms with Gasteiger partial charge in [-0.15, -0.1) is 0 Å². The van der Waals surface area contributed by atoms with Crippen LogP contribution in [0.3, 0.4) is 0 Å². The Morgan fingerprint density at radius 1 is 1.47 bits per heavy atom. The molecular weight excluding hydrogens is 236 g/mol. The lowest BCUT2D eigenvalue weighted by Gasteiger charge is -2.38. The summed E-state index contributed by atoms with van der Waals surface area (Å²) in [6.07, 6.45) is 0. The minimum absolute atomic E-state index is 0.0593. The maximum Gasteiger partial charge on any atom is 0.0753 e. The molecule has 2 rings (SSSR count). The van der Waals surface area contributed by atoms with Crippen molar-refractivity contribution in [1.82, 2.24) is 4.90 Å². The van der Waals surface area contributed by atoms with Crippen LogP contribution in [0.4, 0.5) is 5.69 Å². The molecule has 1 aromatic rings. The molecule has 1 saturated heterocycles. The summed E-state index contributed by atoms with van der Waals surface area (Å²) in [7, 11) is 0. The molecule has 4 heteroatoms. The number of nitrogens with two attached hydrogens (primary N) is 1. The highest BCUT2D eigenvalue weighted by Gasteiger charge is 2.26. The van der Waals surface area contributed by atoms with Crippen LogP contribution in [0.1, 0.15) is 19.4 Å². The molecule has 1 heterocycles. The molecular formula is C13H19ClN2O. The van der Waals surface area contributed by atoms with Crippen molar-refractivity contribution in [2.24, 2.45) is 0 Å². The molecule has 0 atom stereocenters. The Morgan fingerprint density at radius 2 is 2.24 bits per heavy atom. The monoisotopic (exact) mass is 254 g/mol. The lowest BCUT2D eigenvalue weighted by Crippen LogP contribution is -2.47. The fourth-order valence-electron chi connectivity index (χ4n) is 2.20. The molecule has 0 radical (unpaired) electrons. The molecule has 1 aliphatic heterocycles. The third-order valence-electron chi connectivity index (χ3n) is 2.97. The molecule has 0 bridgehead atoms. The van der Waals surface area contributed by atoms with E-state index in [0.717, 1.165) is 26.2 Å². The van der Waals surface area contributed by atoms with Crippen LogP contribution in [0.25, 0.3) is 0 Å². The second-order valence-electron chi connectivity index (χ2n) is 5.17. The molecule has 94 valence electrons. The number of hydrogen-bond acceptors (Lipinski definition) is 3. The number of halogens is 1. The van der Waals surface area contributed by atoms with Crippen molar-refractivity contribution in [2.75, 3.05) is 25.4 Å². The predicted molar refractivity (Wildman–Crippen MR) is 71.2 cm³/mol. The first-order valence-corrected chi connectivity index (χ1v) is 6.24. The summed E-state index contributed by atoms with van der Waals surface area (Å²) in [6, 6.07) is 5.84. The molecule has 0 unspecified atom stereocenters. The number of nitrogen functional groups attached to an aromatic ring is 1. The second-order valence-corrected chi connectivity index (χ2v) is 5.58. The van der Waals surface area contributed by atoms with Crippen molar-refractivity contribution in [3.63, 3.8) is 0 Å². The van der Waals surface area contributed by atoms with Crippen molar-refractivity contribution in [2.45, 2.75) is 26.0 Å². The summed E-state index contributed by atoms with van der Waals surface area (Å²) in [4.78, 5) is 2.38. The quantitative estimate of drug-likeness (QED) is 0.825. The first-order valence-electron chi connectivity index (χ1n) is 5.86. The normalized spacial score (nSPS) is 20.4. The highest BCUT2D eigenvalue weighted by atomic mass is 35.5. The molecule has 1 fully saturated rings. The Balaban J connectivity index is 2.03. The van der Waals surface area contributed by atoms with Gasteiger partial charge in [-0.1, -0.05) is 17.7 Å². The number of benzene rings is 1. The number of hydrogen-bond donors (Lipinski definition) is 1. The minimum atomic E-state index is -0.0593. The topological polar surface area (TPSA) is 38.5 Å². The fraction of sp³-hybridized carbons (Fsp3) is 0.538. The molecule has 0 aromatic heterocycles. The molecule has 1 aliphatic rings. The minimum Gasteiger partial charge on any atom is -0.398 e. The van der Waals surface area contributed by atoms with Crippen LogP contribution >= 0.6 is 11.6 Å². The van der Waals surface area contributed by atoms with Gasteiger partial charge in [-0.05, 0) is 31.5 Å². The van der Waals surface area contributed by atoms with Gasteiger partial charge in [0, 0.05) is 19.6 Å². The molecule has 17 heavy (non-hydrogen) atoms. The molecule has 0 aliphatic carbocycles. The van der Waals surface area contributed by atoms with Crippen molar-refractivity contribution >= 4 is 17.3 Å². The van der Waals surface area contributed by atoms with E-state index in [-0.39, 0.29) is 5.60 Å². The van der Waals surface area contributed by atoms with Gasteiger partial charge in [-0.3, -0.25) is 4.90 Å². The summed E-state index contributed by atoms with van der Waals surface area (Å²) in [5, 5.41) is 0.621. The van der Waals surface area contributed by atoms with E-state index in [1.807, 2.05) is 18.2 Å². The number of nitrogens with zero attached hydrogens (tertiary/aromatic N) is 1. The Kier molecular flexibility index (Phi) is 3.61. The van der Waals surface area contributed by atoms with Crippen LogP contribution in [-0.4, -0.2) is 30.2 Å². The van der Waals surface area contributed by atoms with E-state index in [1.54, 1.807) is 0 Å². The van der Waals surface area contributed by atoms with Crippen LogP contribution in [-0.2, 0) is 11.3 Å². The first-order chi connectivity index (χ1) is 7.96. The van der Waals surface area contributed by atoms with Crippen LogP contribution in [0.15, 0.2) is 18.2 Å². The summed E-state index contributed by atoms with van der Waals surface area (Å²) >= 11 is 5.91. The maximum atomic E-state index is 5.91. The largest absolute Gasteiger partial charge is 0.398 e. The van der Waals surface area contributed by atoms with Crippen molar-refractivity contribution in [1.29, 1.82) is 0 Å². The van der Waals surface area contributed by atoms with Crippen molar-refractivity contribution in [3.8, 4) is 0 Å². The zero-order valence-corrected chi connectivity index (χ0v) is 11.1. The third kappa shape index (κ3) is 3.35. The molecule has 1 aromatic carbocycles. The smallest absolute Gasteiger partial charge is 0.0753 e. The van der Waals surface area contributed by atoms with Gasteiger partial charge in [0.2, 0.25) is 0 Å². The molecule has 0 spiro atoms.